The molecule has 2 heteroatoms. The highest BCUT2D eigenvalue weighted by Crippen LogP contribution is 2.35. The lowest BCUT2D eigenvalue weighted by Crippen LogP contribution is -2.27. The highest BCUT2D eigenvalue weighted by atomic mass is 15.3. The Kier molecular flexibility index (Phi) is 2.66. The molecule has 0 bridgehead atoms. The highest BCUT2D eigenvalue weighted by molar-refractivity contribution is 5.73. The van der Waals surface area contributed by atoms with E-state index in [1.807, 2.05) is 0 Å². The molecule has 0 spiro atoms. The molecule has 18 heavy (non-hydrogen) atoms. The molecular weight excluding hydrogens is 220 g/mol. The number of nitrogens with zero attached hydrogens (tertiary/aromatic N) is 1. The number of aryl methyl sites for hydroxylation is 2. The Morgan fingerprint density at radius 1 is 1.22 bits per heavy atom. The number of nitrogens with one attached hydrogen (secondary N) is 1. The lowest BCUT2D eigenvalue weighted by atomic mass is 9.90. The molecule has 0 radical (unpaired) electrons. The summed E-state index contributed by atoms with van der Waals surface area (Å²) in [6, 6.07) is 4.79. The maximum absolute atomic E-state index is 4.05. The maximum atomic E-state index is 4.05. The van der Waals surface area contributed by atoms with Gasteiger partial charge in [0.05, 0.1) is 5.70 Å². The number of hydrogen-bond donors (Lipinski definition) is 1. The first-order valence-corrected chi connectivity index (χ1v) is 6.82. The molecule has 2 heterocycles. The van der Waals surface area contributed by atoms with Crippen molar-refractivity contribution in [1.82, 2.24) is 10.2 Å². The van der Waals surface area contributed by atoms with Crippen LogP contribution in [0.15, 0.2) is 30.7 Å². The Labute approximate surface area is 109 Å². The lowest BCUT2D eigenvalue weighted by molar-refractivity contribution is 0.478. The van der Waals surface area contributed by atoms with Gasteiger partial charge in [-0.1, -0.05) is 26.5 Å². The van der Waals surface area contributed by atoms with Crippen molar-refractivity contribution >= 4 is 5.70 Å². The number of rotatable bonds is 2. The molecule has 2 aliphatic heterocycles. The van der Waals surface area contributed by atoms with Crippen LogP contribution >= 0.6 is 0 Å². The zero-order valence-electron chi connectivity index (χ0n) is 11.2. The van der Waals surface area contributed by atoms with Gasteiger partial charge in [-0.2, -0.15) is 0 Å². The van der Waals surface area contributed by atoms with Crippen LogP contribution in [-0.4, -0.2) is 11.4 Å². The summed E-state index contributed by atoms with van der Waals surface area (Å²) in [5.41, 5.74) is 7.16. The zero-order valence-corrected chi connectivity index (χ0v) is 11.2. The summed E-state index contributed by atoms with van der Waals surface area (Å²) in [5, 5.41) is 3.24. The molecule has 0 amide bonds. The minimum absolute atomic E-state index is 1.01. The van der Waals surface area contributed by atoms with Gasteiger partial charge in [-0.25, -0.2) is 0 Å². The molecular formula is C16H20N2. The van der Waals surface area contributed by atoms with Gasteiger partial charge in [0.2, 0.25) is 0 Å². The van der Waals surface area contributed by atoms with Gasteiger partial charge >= 0.3 is 0 Å². The zero-order chi connectivity index (χ0) is 12.7. The summed E-state index contributed by atoms with van der Waals surface area (Å²) < 4.78 is 0. The van der Waals surface area contributed by atoms with E-state index in [1.54, 1.807) is 0 Å². The smallest absolute Gasteiger partial charge is 0.102 e. The largest absolute Gasteiger partial charge is 0.346 e. The fourth-order valence-corrected chi connectivity index (χ4v) is 3.01. The predicted octanol–water partition coefficient (Wildman–Crippen LogP) is 3.04. The standard InChI is InChI=1S/C16H20N2/c1-4-12-8-14-6-7-18-11(3)17-10-16(18)15(14)9-13(12)5-2/h8-10,17H,3-7H2,1-2H3. The first kappa shape index (κ1) is 11.4. The average molecular weight is 240 g/mol. The summed E-state index contributed by atoms with van der Waals surface area (Å²) in [6.45, 7) is 9.57. The molecule has 0 aromatic heterocycles. The first-order valence-electron chi connectivity index (χ1n) is 6.82. The van der Waals surface area contributed by atoms with Gasteiger partial charge in [-0.15, -0.1) is 0 Å². The van der Waals surface area contributed by atoms with Gasteiger partial charge in [-0.05, 0) is 42.0 Å². The van der Waals surface area contributed by atoms with Gasteiger partial charge in [0.25, 0.3) is 0 Å². The Hall–Kier alpha value is -1.70. The highest BCUT2D eigenvalue weighted by Gasteiger charge is 2.27. The van der Waals surface area contributed by atoms with E-state index in [4.69, 9.17) is 0 Å². The van der Waals surface area contributed by atoms with Crippen LogP contribution in [0, 0.1) is 0 Å². The van der Waals surface area contributed by atoms with E-state index in [-0.39, 0.29) is 0 Å². The summed E-state index contributed by atoms with van der Waals surface area (Å²) in [4.78, 5) is 2.29. The summed E-state index contributed by atoms with van der Waals surface area (Å²) >= 11 is 0. The fourth-order valence-electron chi connectivity index (χ4n) is 3.01. The van der Waals surface area contributed by atoms with Crippen molar-refractivity contribution in [1.29, 1.82) is 0 Å². The van der Waals surface area contributed by atoms with Gasteiger partial charge in [0.1, 0.15) is 5.82 Å². The Morgan fingerprint density at radius 3 is 2.67 bits per heavy atom. The molecule has 3 rings (SSSR count). The van der Waals surface area contributed by atoms with Crippen molar-refractivity contribution < 1.29 is 0 Å². The topological polar surface area (TPSA) is 15.3 Å². The third-order valence-electron chi connectivity index (χ3n) is 4.06. The summed E-state index contributed by atoms with van der Waals surface area (Å²) in [7, 11) is 0. The molecule has 0 saturated heterocycles. The minimum atomic E-state index is 1.01. The van der Waals surface area contributed by atoms with Crippen LogP contribution in [0.1, 0.15) is 36.1 Å². The molecule has 94 valence electrons. The van der Waals surface area contributed by atoms with Crippen LogP contribution in [0.2, 0.25) is 0 Å². The molecule has 0 aliphatic carbocycles. The van der Waals surface area contributed by atoms with E-state index in [9.17, 15) is 0 Å². The van der Waals surface area contributed by atoms with Gasteiger partial charge in [-0.3, -0.25) is 0 Å². The second-order valence-electron chi connectivity index (χ2n) is 5.01. The Morgan fingerprint density at radius 2 is 1.94 bits per heavy atom. The van der Waals surface area contributed by atoms with Crippen LogP contribution in [0.4, 0.5) is 0 Å². The van der Waals surface area contributed by atoms with Crippen LogP contribution < -0.4 is 5.32 Å². The molecule has 0 fully saturated rings. The molecule has 0 unspecified atom stereocenters. The third-order valence-corrected chi connectivity index (χ3v) is 4.06. The van der Waals surface area contributed by atoms with Crippen molar-refractivity contribution in [3.8, 4) is 0 Å². The molecule has 2 nitrogen and oxygen atoms in total. The van der Waals surface area contributed by atoms with E-state index in [1.165, 1.54) is 28.0 Å². The van der Waals surface area contributed by atoms with Gasteiger partial charge < -0.3 is 10.2 Å². The van der Waals surface area contributed by atoms with Crippen molar-refractivity contribution in [2.45, 2.75) is 33.1 Å². The van der Waals surface area contributed by atoms with E-state index < -0.39 is 0 Å². The Bertz CT molecular complexity index is 540. The second-order valence-corrected chi connectivity index (χ2v) is 5.01. The SMILES string of the molecule is C=C1NC=C2c3cc(CC)c(CC)cc3CCN12. The summed E-state index contributed by atoms with van der Waals surface area (Å²) in [5.74, 6) is 1.01. The number of benzene rings is 1. The number of hydrogen-bond acceptors (Lipinski definition) is 2. The third kappa shape index (κ3) is 1.56. The van der Waals surface area contributed by atoms with Crippen LogP contribution in [0.3, 0.4) is 0 Å². The van der Waals surface area contributed by atoms with E-state index >= 15 is 0 Å². The van der Waals surface area contributed by atoms with Crippen LogP contribution in [-0.2, 0) is 19.3 Å². The number of fused-ring (bicyclic) bond motifs is 3. The van der Waals surface area contributed by atoms with Crippen molar-refractivity contribution in [2.75, 3.05) is 6.54 Å². The second kappa shape index (κ2) is 4.20. The van der Waals surface area contributed by atoms with Crippen molar-refractivity contribution in [3.63, 3.8) is 0 Å². The predicted molar refractivity (Wildman–Crippen MR) is 75.9 cm³/mol. The van der Waals surface area contributed by atoms with Crippen molar-refractivity contribution in [2.24, 2.45) is 0 Å². The Balaban J connectivity index is 2.12. The van der Waals surface area contributed by atoms with Gasteiger partial charge in [0.15, 0.2) is 0 Å². The molecule has 1 N–H and O–H groups in total. The maximum Gasteiger partial charge on any atom is 0.102 e. The summed E-state index contributed by atoms with van der Waals surface area (Å²) in [6.07, 6.45) is 5.44. The van der Waals surface area contributed by atoms with Crippen molar-refractivity contribution in [3.05, 3.63) is 53.0 Å². The monoisotopic (exact) mass is 240 g/mol. The van der Waals surface area contributed by atoms with Crippen LogP contribution in [0.5, 0.6) is 0 Å². The first-order chi connectivity index (χ1) is 8.74. The molecule has 0 atom stereocenters. The average Bonchev–Trinajstić information content (AvgIpc) is 2.79. The fraction of sp³-hybridized carbons (Fsp3) is 0.375. The molecule has 1 aromatic carbocycles. The normalized spacial score (nSPS) is 17.1. The van der Waals surface area contributed by atoms with E-state index in [0.717, 1.165) is 31.6 Å². The lowest BCUT2D eigenvalue weighted by Gasteiger charge is -2.30. The van der Waals surface area contributed by atoms with Gasteiger partial charge in [0, 0.05) is 18.3 Å². The van der Waals surface area contributed by atoms with E-state index in [0.29, 0.717) is 0 Å². The van der Waals surface area contributed by atoms with E-state index in [2.05, 4.69) is 49.0 Å². The molecule has 0 saturated carbocycles. The minimum Gasteiger partial charge on any atom is -0.346 e. The van der Waals surface area contributed by atoms with Crippen LogP contribution in [0.25, 0.3) is 5.70 Å². The quantitative estimate of drug-likeness (QED) is 0.854. The molecule has 2 aliphatic rings. The molecule has 1 aromatic rings.